The van der Waals surface area contributed by atoms with Crippen molar-refractivity contribution in [2.45, 2.75) is 85.5 Å². The van der Waals surface area contributed by atoms with Gasteiger partial charge in [-0.15, -0.1) is 0 Å². The Labute approximate surface area is 134 Å². The van der Waals surface area contributed by atoms with E-state index >= 15 is 0 Å². The van der Waals surface area contributed by atoms with Gasteiger partial charge in [0.25, 0.3) is 0 Å². The van der Waals surface area contributed by atoms with Gasteiger partial charge in [0.1, 0.15) is 0 Å². The molecule has 0 saturated heterocycles. The van der Waals surface area contributed by atoms with Crippen LogP contribution in [0.4, 0.5) is 0 Å². The molecule has 0 aliphatic heterocycles. The first-order chi connectivity index (χ1) is 9.50. The Morgan fingerprint density at radius 3 is 1.95 bits per heavy atom. The van der Waals surface area contributed by atoms with E-state index in [0.717, 1.165) is 25.5 Å². The Kier molecular flexibility index (Phi) is 8.13. The van der Waals surface area contributed by atoms with Gasteiger partial charge in [-0.05, 0) is 59.3 Å². The van der Waals surface area contributed by atoms with Crippen LogP contribution in [0, 0.1) is 5.41 Å². The average Bonchev–Trinajstić information content (AvgIpc) is 2.37. The number of rotatable bonds is 10. The van der Waals surface area contributed by atoms with Crippen LogP contribution in [0.15, 0.2) is 0 Å². The van der Waals surface area contributed by atoms with E-state index in [1.165, 1.54) is 0 Å². The van der Waals surface area contributed by atoms with Crippen molar-refractivity contribution >= 4 is 8.56 Å². The summed E-state index contributed by atoms with van der Waals surface area (Å²) < 4.78 is 12.7. The number of hydrogen-bond acceptors (Lipinski definition) is 3. The van der Waals surface area contributed by atoms with E-state index in [1.807, 2.05) is 0 Å². The second-order valence-corrected chi connectivity index (χ2v) is 10.6. The number of likely N-dealkylation sites (N-methyl/N-ethyl adjacent to an activating group) is 1. The first-order valence-corrected chi connectivity index (χ1v) is 11.0. The fourth-order valence-corrected chi connectivity index (χ4v) is 6.12. The Hall–Kier alpha value is 0.0969. The van der Waals surface area contributed by atoms with Crippen LogP contribution in [-0.2, 0) is 8.85 Å². The molecule has 0 heterocycles. The molecule has 0 saturated carbocycles. The van der Waals surface area contributed by atoms with Crippen molar-refractivity contribution in [2.24, 2.45) is 5.41 Å². The third-order valence-electron chi connectivity index (χ3n) is 5.55. The summed E-state index contributed by atoms with van der Waals surface area (Å²) in [7, 11) is 2.24. The van der Waals surface area contributed by atoms with E-state index in [2.05, 4.69) is 74.0 Å². The fraction of sp³-hybridized carbons (Fsp3) is 1.00. The van der Waals surface area contributed by atoms with Crippen molar-refractivity contribution in [2.75, 3.05) is 20.7 Å². The molecule has 0 aromatic heterocycles. The van der Waals surface area contributed by atoms with Gasteiger partial charge in [-0.3, -0.25) is 0 Å². The van der Waals surface area contributed by atoms with Crippen molar-refractivity contribution in [3.05, 3.63) is 0 Å². The summed E-state index contributed by atoms with van der Waals surface area (Å²) in [6, 6.07) is 1.06. The minimum Gasteiger partial charge on any atom is -0.395 e. The van der Waals surface area contributed by atoms with Crippen LogP contribution in [-0.4, -0.2) is 45.8 Å². The van der Waals surface area contributed by atoms with E-state index in [4.69, 9.17) is 8.85 Å². The second-order valence-electron chi connectivity index (χ2n) is 7.36. The van der Waals surface area contributed by atoms with Gasteiger partial charge in [0.15, 0.2) is 0 Å². The lowest BCUT2D eigenvalue weighted by Gasteiger charge is -2.53. The first-order valence-electron chi connectivity index (χ1n) is 8.50. The summed E-state index contributed by atoms with van der Waals surface area (Å²) >= 11 is 0. The van der Waals surface area contributed by atoms with Crippen LogP contribution in [0.1, 0.15) is 61.3 Å². The third-order valence-corrected chi connectivity index (χ3v) is 8.71. The van der Waals surface area contributed by atoms with Crippen molar-refractivity contribution in [3.63, 3.8) is 0 Å². The predicted octanol–water partition coefficient (Wildman–Crippen LogP) is 4.67. The highest BCUT2D eigenvalue weighted by molar-refractivity contribution is 6.66. The smallest absolute Gasteiger partial charge is 0.335 e. The Morgan fingerprint density at radius 1 is 1.10 bits per heavy atom. The predicted molar refractivity (Wildman–Crippen MR) is 95.1 cm³/mol. The Bertz CT molecular complexity index is 301. The van der Waals surface area contributed by atoms with Crippen molar-refractivity contribution < 1.29 is 8.85 Å². The highest BCUT2D eigenvalue weighted by Crippen LogP contribution is 2.42. The third kappa shape index (κ3) is 4.78. The summed E-state index contributed by atoms with van der Waals surface area (Å²) in [5.74, 6) is 0. The lowest BCUT2D eigenvalue weighted by molar-refractivity contribution is -0.0664. The van der Waals surface area contributed by atoms with E-state index in [-0.39, 0.29) is 17.1 Å². The molecule has 0 rings (SSSR count). The maximum absolute atomic E-state index is 6.61. The molecule has 0 amide bonds. The van der Waals surface area contributed by atoms with E-state index < -0.39 is 8.56 Å². The van der Waals surface area contributed by atoms with Crippen LogP contribution < -0.4 is 0 Å². The molecule has 3 nitrogen and oxygen atoms in total. The van der Waals surface area contributed by atoms with Gasteiger partial charge < -0.3 is 13.8 Å². The lowest BCUT2D eigenvalue weighted by Crippen LogP contribution is -2.62. The van der Waals surface area contributed by atoms with Gasteiger partial charge in [0.2, 0.25) is 0 Å². The molecule has 128 valence electrons. The van der Waals surface area contributed by atoms with Crippen LogP contribution in [0.2, 0.25) is 12.6 Å². The van der Waals surface area contributed by atoms with Gasteiger partial charge in [-0.2, -0.15) is 0 Å². The standard InChI is InChI=1S/C17H39NO2Si/c1-11-14-21(10,19-13-3)20-15(4)17(7,18(8)9)16(5,6)12-2/h15H,11-14H2,1-10H3. The van der Waals surface area contributed by atoms with Gasteiger partial charge in [0, 0.05) is 12.1 Å². The van der Waals surface area contributed by atoms with Crippen molar-refractivity contribution in [1.29, 1.82) is 0 Å². The Balaban J connectivity index is 5.36. The lowest BCUT2D eigenvalue weighted by atomic mass is 9.68. The van der Waals surface area contributed by atoms with E-state index in [0.29, 0.717) is 0 Å². The molecule has 21 heavy (non-hydrogen) atoms. The molecule has 0 radical (unpaired) electrons. The highest BCUT2D eigenvalue weighted by atomic mass is 28.4. The zero-order valence-corrected chi connectivity index (χ0v) is 17.2. The van der Waals surface area contributed by atoms with E-state index in [1.54, 1.807) is 0 Å². The first kappa shape index (κ1) is 21.1. The molecule has 4 heteroatoms. The summed E-state index contributed by atoms with van der Waals surface area (Å²) in [5.41, 5.74) is 0.143. The molecular weight excluding hydrogens is 278 g/mol. The molecule has 0 fully saturated rings. The quantitative estimate of drug-likeness (QED) is 0.547. The normalized spacial score (nSPS) is 20.1. The summed E-state index contributed by atoms with van der Waals surface area (Å²) in [6.07, 6.45) is 2.37. The molecular formula is C17H39NO2Si. The molecule has 0 aromatic rings. The van der Waals surface area contributed by atoms with Crippen LogP contribution in [0.5, 0.6) is 0 Å². The summed E-state index contributed by atoms with van der Waals surface area (Å²) in [5, 5.41) is 0. The minimum absolute atomic E-state index is 0.0269. The molecule has 3 atom stereocenters. The molecule has 3 unspecified atom stereocenters. The number of nitrogens with zero attached hydrogens (tertiary/aromatic N) is 1. The fourth-order valence-electron chi connectivity index (χ4n) is 3.29. The molecule has 0 aliphatic carbocycles. The number of hydrogen-bond donors (Lipinski definition) is 0. The topological polar surface area (TPSA) is 21.7 Å². The zero-order valence-electron chi connectivity index (χ0n) is 16.2. The van der Waals surface area contributed by atoms with Gasteiger partial charge >= 0.3 is 8.56 Å². The van der Waals surface area contributed by atoms with Crippen LogP contribution >= 0.6 is 0 Å². The molecule has 0 N–H and O–H groups in total. The monoisotopic (exact) mass is 317 g/mol. The molecule has 0 spiro atoms. The Morgan fingerprint density at radius 2 is 1.62 bits per heavy atom. The molecule has 0 bridgehead atoms. The molecule has 0 aromatic carbocycles. The largest absolute Gasteiger partial charge is 0.395 e. The average molecular weight is 318 g/mol. The van der Waals surface area contributed by atoms with Crippen LogP contribution in [0.25, 0.3) is 0 Å². The van der Waals surface area contributed by atoms with Gasteiger partial charge in [0.05, 0.1) is 6.10 Å². The minimum atomic E-state index is -2.09. The van der Waals surface area contributed by atoms with Crippen molar-refractivity contribution in [1.82, 2.24) is 4.90 Å². The summed E-state index contributed by atoms with van der Waals surface area (Å²) in [6.45, 7) is 18.7. The van der Waals surface area contributed by atoms with Gasteiger partial charge in [-0.1, -0.05) is 34.1 Å². The summed E-state index contributed by atoms with van der Waals surface area (Å²) in [4.78, 5) is 2.33. The van der Waals surface area contributed by atoms with E-state index in [9.17, 15) is 0 Å². The zero-order chi connectivity index (χ0) is 16.9. The van der Waals surface area contributed by atoms with Crippen LogP contribution in [0.3, 0.4) is 0 Å². The second kappa shape index (κ2) is 8.09. The van der Waals surface area contributed by atoms with Crippen molar-refractivity contribution in [3.8, 4) is 0 Å². The van der Waals surface area contributed by atoms with Gasteiger partial charge in [-0.25, -0.2) is 0 Å². The highest BCUT2D eigenvalue weighted by Gasteiger charge is 2.49. The molecule has 0 aliphatic rings. The SMILES string of the molecule is CCC[Si](C)(OCC)OC(C)C(C)(N(C)C)C(C)(C)CC. The maximum atomic E-state index is 6.61. The maximum Gasteiger partial charge on any atom is 0.335 e.